The Balaban J connectivity index is 2.39. The van der Waals surface area contributed by atoms with Crippen LogP contribution in [0.4, 0.5) is 26.3 Å². The summed E-state index contributed by atoms with van der Waals surface area (Å²) in [6, 6.07) is 2.77. The number of alkyl halides is 6. The lowest BCUT2D eigenvalue weighted by Crippen LogP contribution is -2.43. The molecule has 0 unspecified atom stereocenters. The summed E-state index contributed by atoms with van der Waals surface area (Å²) in [5.41, 5.74) is -2.62. The summed E-state index contributed by atoms with van der Waals surface area (Å²) in [5.74, 6) is -2.85. The van der Waals surface area contributed by atoms with Crippen molar-refractivity contribution in [3.63, 3.8) is 0 Å². The zero-order chi connectivity index (χ0) is 19.9. The van der Waals surface area contributed by atoms with E-state index in [0.29, 0.717) is 0 Å². The zero-order valence-electron chi connectivity index (χ0n) is 13.4. The molecular formula is C15H13ClF6O4. The molecule has 3 atom stereocenters. The quantitative estimate of drug-likeness (QED) is 0.543. The maximum absolute atomic E-state index is 13.3. The Bertz CT molecular complexity index is 690. The molecule has 0 N–H and O–H groups in total. The van der Waals surface area contributed by atoms with Gasteiger partial charge in [-0.05, 0) is 31.0 Å². The number of rotatable bonds is 3. The van der Waals surface area contributed by atoms with E-state index >= 15 is 0 Å². The average molecular weight is 407 g/mol. The molecule has 1 aromatic rings. The third-order valence-electron chi connectivity index (χ3n) is 4.00. The highest BCUT2D eigenvalue weighted by Gasteiger charge is 2.61. The standard InChI is InChI=1S/C15H13ClF6O4/c1-13(14(17,18)19)6-9(11(26-13)12(23)24-2)8-4-3-7(5-10(8)16)25-15(20,21)22/h3-5,9,11H,6H2,1-2H3/t9-,11-,13+/m0/s1. The van der Waals surface area contributed by atoms with Crippen LogP contribution in [0.5, 0.6) is 5.75 Å². The molecule has 1 aliphatic heterocycles. The minimum atomic E-state index is -4.95. The van der Waals surface area contributed by atoms with Crippen molar-refractivity contribution >= 4 is 17.6 Å². The number of halogens is 7. The maximum atomic E-state index is 13.3. The highest BCUT2D eigenvalue weighted by molar-refractivity contribution is 6.31. The van der Waals surface area contributed by atoms with Gasteiger partial charge in [0.1, 0.15) is 5.75 Å². The lowest BCUT2D eigenvalue weighted by Gasteiger charge is -2.26. The van der Waals surface area contributed by atoms with E-state index in [0.717, 1.165) is 32.2 Å². The molecule has 1 heterocycles. The fraction of sp³-hybridized carbons (Fsp3) is 0.533. The van der Waals surface area contributed by atoms with Crippen LogP contribution in [0.15, 0.2) is 18.2 Å². The summed E-state index contributed by atoms with van der Waals surface area (Å²) >= 11 is 5.92. The Morgan fingerprint density at radius 1 is 1.27 bits per heavy atom. The molecule has 1 aromatic carbocycles. The molecule has 2 rings (SSSR count). The molecule has 146 valence electrons. The zero-order valence-corrected chi connectivity index (χ0v) is 14.1. The third kappa shape index (κ3) is 4.17. The molecule has 26 heavy (non-hydrogen) atoms. The highest BCUT2D eigenvalue weighted by atomic mass is 35.5. The van der Waals surface area contributed by atoms with E-state index in [4.69, 9.17) is 16.3 Å². The monoisotopic (exact) mass is 406 g/mol. The van der Waals surface area contributed by atoms with E-state index in [1.807, 2.05) is 0 Å². The summed E-state index contributed by atoms with van der Waals surface area (Å²) in [7, 11) is 0.980. The first kappa shape index (κ1) is 20.6. The largest absolute Gasteiger partial charge is 0.573 e. The maximum Gasteiger partial charge on any atom is 0.573 e. The molecule has 0 saturated carbocycles. The first-order chi connectivity index (χ1) is 11.8. The van der Waals surface area contributed by atoms with Gasteiger partial charge in [-0.15, -0.1) is 13.2 Å². The van der Waals surface area contributed by atoms with E-state index in [1.165, 1.54) is 0 Å². The molecule has 0 radical (unpaired) electrons. The Morgan fingerprint density at radius 3 is 2.35 bits per heavy atom. The number of ether oxygens (including phenoxy) is 3. The Labute approximate surface area is 149 Å². The molecule has 1 saturated heterocycles. The topological polar surface area (TPSA) is 44.8 Å². The lowest BCUT2D eigenvalue weighted by molar-refractivity contribution is -0.274. The molecule has 0 amide bonds. The molecule has 11 heteroatoms. The molecular weight excluding hydrogens is 394 g/mol. The summed E-state index contributed by atoms with van der Waals surface area (Å²) in [5, 5.41) is -0.291. The predicted molar refractivity (Wildman–Crippen MR) is 76.8 cm³/mol. The second-order valence-corrected chi connectivity index (χ2v) is 6.24. The number of esters is 1. The van der Waals surface area contributed by atoms with Crippen LogP contribution in [-0.4, -0.2) is 37.3 Å². The smallest absolute Gasteiger partial charge is 0.467 e. The number of carbonyl (C=O) groups is 1. The number of hydrogen-bond acceptors (Lipinski definition) is 4. The molecule has 4 nitrogen and oxygen atoms in total. The van der Waals surface area contributed by atoms with Gasteiger partial charge >= 0.3 is 18.5 Å². The van der Waals surface area contributed by atoms with Crippen molar-refractivity contribution in [3.8, 4) is 5.75 Å². The van der Waals surface area contributed by atoms with Crippen molar-refractivity contribution in [3.05, 3.63) is 28.8 Å². The van der Waals surface area contributed by atoms with Gasteiger partial charge in [0.2, 0.25) is 0 Å². The first-order valence-electron chi connectivity index (χ1n) is 7.15. The van der Waals surface area contributed by atoms with Gasteiger partial charge in [-0.2, -0.15) is 13.2 Å². The van der Waals surface area contributed by atoms with E-state index < -0.39 is 48.3 Å². The van der Waals surface area contributed by atoms with Crippen molar-refractivity contribution in [2.75, 3.05) is 7.11 Å². The van der Waals surface area contributed by atoms with Crippen LogP contribution in [-0.2, 0) is 14.3 Å². The fourth-order valence-corrected chi connectivity index (χ4v) is 3.04. The van der Waals surface area contributed by atoms with Crippen LogP contribution >= 0.6 is 11.6 Å². The van der Waals surface area contributed by atoms with Gasteiger partial charge in [0, 0.05) is 10.9 Å². The summed E-state index contributed by atoms with van der Waals surface area (Å²) in [6.07, 6.45) is -12.0. The lowest BCUT2D eigenvalue weighted by atomic mass is 9.86. The Kier molecular flexibility index (Phi) is 5.40. The van der Waals surface area contributed by atoms with Crippen molar-refractivity contribution in [2.24, 2.45) is 0 Å². The second-order valence-electron chi connectivity index (χ2n) is 5.83. The predicted octanol–water partition coefficient (Wildman–Crippen LogP) is 4.61. The molecule has 0 spiro atoms. The molecule has 0 bridgehead atoms. The van der Waals surface area contributed by atoms with Gasteiger partial charge in [0.05, 0.1) is 7.11 Å². The van der Waals surface area contributed by atoms with Gasteiger partial charge in [0.25, 0.3) is 0 Å². The summed E-state index contributed by atoms with van der Waals surface area (Å²) in [4.78, 5) is 11.8. The fourth-order valence-electron chi connectivity index (χ4n) is 2.73. The molecule has 0 aromatic heterocycles. The van der Waals surface area contributed by atoms with Crippen molar-refractivity contribution in [2.45, 2.75) is 43.5 Å². The van der Waals surface area contributed by atoms with Crippen molar-refractivity contribution in [1.29, 1.82) is 0 Å². The minimum Gasteiger partial charge on any atom is -0.467 e. The van der Waals surface area contributed by atoms with Crippen LogP contribution in [0.3, 0.4) is 0 Å². The molecule has 0 aliphatic carbocycles. The van der Waals surface area contributed by atoms with Gasteiger partial charge < -0.3 is 14.2 Å². The van der Waals surface area contributed by atoms with Crippen LogP contribution in [0.2, 0.25) is 5.02 Å². The average Bonchev–Trinajstić information content (AvgIpc) is 2.83. The van der Waals surface area contributed by atoms with Crippen LogP contribution in [0.1, 0.15) is 24.8 Å². The van der Waals surface area contributed by atoms with E-state index in [1.54, 1.807) is 0 Å². The normalized spacial score (nSPS) is 26.7. The molecule has 1 aliphatic rings. The number of benzene rings is 1. The van der Waals surface area contributed by atoms with Crippen molar-refractivity contribution in [1.82, 2.24) is 0 Å². The number of methoxy groups -OCH3 is 1. The van der Waals surface area contributed by atoms with Crippen LogP contribution in [0, 0.1) is 0 Å². The van der Waals surface area contributed by atoms with Crippen molar-refractivity contribution < 1.29 is 45.3 Å². The first-order valence-corrected chi connectivity index (χ1v) is 7.53. The summed E-state index contributed by atoms with van der Waals surface area (Å²) in [6.45, 7) is 0.776. The van der Waals surface area contributed by atoms with E-state index in [2.05, 4.69) is 9.47 Å². The third-order valence-corrected chi connectivity index (χ3v) is 4.33. The van der Waals surface area contributed by atoms with Gasteiger partial charge in [-0.25, -0.2) is 4.79 Å². The van der Waals surface area contributed by atoms with Gasteiger partial charge in [0.15, 0.2) is 11.7 Å². The van der Waals surface area contributed by atoms with Gasteiger partial charge in [-0.3, -0.25) is 0 Å². The van der Waals surface area contributed by atoms with E-state index in [9.17, 15) is 31.1 Å². The number of hydrogen-bond donors (Lipinski definition) is 0. The number of carbonyl (C=O) groups excluding carboxylic acids is 1. The Morgan fingerprint density at radius 2 is 1.88 bits per heavy atom. The Hall–Kier alpha value is -1.68. The minimum absolute atomic E-state index is 0.0181. The van der Waals surface area contributed by atoms with E-state index in [-0.39, 0.29) is 10.6 Å². The second kappa shape index (κ2) is 6.80. The SMILES string of the molecule is COC(=O)[C@H]1O[C@@](C)(C(F)(F)F)C[C@H]1c1ccc(OC(F)(F)F)cc1Cl. The highest BCUT2D eigenvalue weighted by Crippen LogP contribution is 2.50. The van der Waals surface area contributed by atoms with Crippen LogP contribution < -0.4 is 4.74 Å². The van der Waals surface area contributed by atoms with Crippen LogP contribution in [0.25, 0.3) is 0 Å². The molecule has 1 fully saturated rings. The van der Waals surface area contributed by atoms with Gasteiger partial charge in [-0.1, -0.05) is 17.7 Å². The summed E-state index contributed by atoms with van der Waals surface area (Å²) < 4.78 is 89.7.